The van der Waals surface area contributed by atoms with Gasteiger partial charge in [-0.05, 0) is 25.6 Å². The second-order valence-corrected chi connectivity index (χ2v) is 4.37. The van der Waals surface area contributed by atoms with E-state index in [9.17, 15) is 4.79 Å². The van der Waals surface area contributed by atoms with E-state index in [1.54, 1.807) is 6.07 Å². The van der Waals surface area contributed by atoms with Crippen LogP contribution in [0.15, 0.2) is 6.07 Å². The van der Waals surface area contributed by atoms with Crippen LogP contribution in [0.2, 0.25) is 0 Å². The van der Waals surface area contributed by atoms with E-state index in [2.05, 4.69) is 30.8 Å². The first-order chi connectivity index (χ1) is 7.00. The van der Waals surface area contributed by atoms with E-state index in [1.165, 1.54) is 0 Å². The quantitative estimate of drug-likeness (QED) is 0.740. The number of fused-ring (bicyclic) bond motifs is 1. The first-order valence-electron chi connectivity index (χ1n) is 5.17. The standard InChI is InChI=1S/C11H16N2O2/c1-6-5-13(3)7(2)8-4-9(11(14)15)12-10(6)8/h4,6-7,12H,5H2,1-3H3,(H,14,15). The van der Waals surface area contributed by atoms with E-state index < -0.39 is 5.97 Å². The van der Waals surface area contributed by atoms with E-state index in [-0.39, 0.29) is 0 Å². The highest BCUT2D eigenvalue weighted by Gasteiger charge is 2.28. The lowest BCUT2D eigenvalue weighted by Crippen LogP contribution is -2.32. The van der Waals surface area contributed by atoms with Gasteiger partial charge in [0, 0.05) is 24.2 Å². The number of H-pyrrole nitrogens is 1. The average molecular weight is 208 g/mol. The van der Waals surface area contributed by atoms with Gasteiger partial charge in [0.25, 0.3) is 0 Å². The number of nitrogens with zero attached hydrogens (tertiary/aromatic N) is 1. The summed E-state index contributed by atoms with van der Waals surface area (Å²) in [5, 5.41) is 8.93. The molecular formula is C11H16N2O2. The van der Waals surface area contributed by atoms with Crippen molar-refractivity contribution in [2.45, 2.75) is 25.8 Å². The lowest BCUT2D eigenvalue weighted by Gasteiger charge is -2.33. The normalized spacial score (nSPS) is 26.3. The molecule has 82 valence electrons. The van der Waals surface area contributed by atoms with E-state index in [4.69, 9.17) is 5.11 Å². The van der Waals surface area contributed by atoms with Crippen LogP contribution in [-0.2, 0) is 0 Å². The second kappa shape index (κ2) is 3.38. The molecule has 2 rings (SSSR count). The number of aromatic carboxylic acids is 1. The molecule has 0 aliphatic carbocycles. The number of hydrogen-bond acceptors (Lipinski definition) is 2. The minimum absolute atomic E-state index is 0.292. The Morgan fingerprint density at radius 1 is 1.60 bits per heavy atom. The van der Waals surface area contributed by atoms with Gasteiger partial charge >= 0.3 is 5.97 Å². The second-order valence-electron chi connectivity index (χ2n) is 4.37. The minimum atomic E-state index is -0.883. The lowest BCUT2D eigenvalue weighted by atomic mass is 9.93. The zero-order chi connectivity index (χ0) is 11.2. The Hall–Kier alpha value is -1.29. The molecule has 0 spiro atoms. The van der Waals surface area contributed by atoms with Crippen LogP contribution in [0.1, 0.15) is 47.6 Å². The van der Waals surface area contributed by atoms with Gasteiger partial charge in [0.05, 0.1) is 0 Å². The molecule has 2 unspecified atom stereocenters. The van der Waals surface area contributed by atoms with Crippen LogP contribution in [0.5, 0.6) is 0 Å². The van der Waals surface area contributed by atoms with Crippen molar-refractivity contribution in [3.8, 4) is 0 Å². The van der Waals surface area contributed by atoms with Crippen LogP contribution < -0.4 is 0 Å². The van der Waals surface area contributed by atoms with Crippen molar-refractivity contribution in [3.05, 3.63) is 23.0 Å². The molecule has 0 radical (unpaired) electrons. The Morgan fingerprint density at radius 2 is 2.27 bits per heavy atom. The smallest absolute Gasteiger partial charge is 0.352 e. The first kappa shape index (κ1) is 10.2. The fourth-order valence-corrected chi connectivity index (χ4v) is 2.27. The predicted molar refractivity (Wildman–Crippen MR) is 57.2 cm³/mol. The number of carboxylic acid groups (broad SMARTS) is 1. The van der Waals surface area contributed by atoms with Crippen molar-refractivity contribution in [1.82, 2.24) is 9.88 Å². The third kappa shape index (κ3) is 1.55. The molecule has 0 aromatic carbocycles. The Kier molecular flexibility index (Phi) is 2.31. The van der Waals surface area contributed by atoms with Crippen LogP contribution in [0, 0.1) is 0 Å². The number of hydrogen-bond donors (Lipinski definition) is 2. The molecule has 15 heavy (non-hydrogen) atoms. The van der Waals surface area contributed by atoms with Crippen molar-refractivity contribution < 1.29 is 9.90 Å². The molecule has 4 nitrogen and oxygen atoms in total. The summed E-state index contributed by atoms with van der Waals surface area (Å²) in [6.07, 6.45) is 0. The number of likely N-dealkylation sites (N-methyl/N-ethyl adjacent to an activating group) is 1. The number of aromatic nitrogens is 1. The van der Waals surface area contributed by atoms with E-state index >= 15 is 0 Å². The van der Waals surface area contributed by atoms with Gasteiger partial charge in [-0.1, -0.05) is 6.92 Å². The van der Waals surface area contributed by atoms with Crippen LogP contribution in [0.4, 0.5) is 0 Å². The summed E-state index contributed by atoms with van der Waals surface area (Å²) < 4.78 is 0. The highest BCUT2D eigenvalue weighted by molar-refractivity contribution is 5.86. The predicted octanol–water partition coefficient (Wildman–Crippen LogP) is 1.82. The molecule has 1 aliphatic heterocycles. The van der Waals surface area contributed by atoms with Crippen molar-refractivity contribution in [3.63, 3.8) is 0 Å². The molecule has 0 saturated heterocycles. The summed E-state index contributed by atoms with van der Waals surface area (Å²) in [7, 11) is 2.07. The molecule has 0 amide bonds. The first-order valence-corrected chi connectivity index (χ1v) is 5.17. The lowest BCUT2D eigenvalue weighted by molar-refractivity contribution is 0.0691. The molecule has 0 bridgehead atoms. The molecule has 2 N–H and O–H groups in total. The third-order valence-electron chi connectivity index (χ3n) is 3.28. The Bertz CT molecular complexity index is 397. The van der Waals surface area contributed by atoms with Gasteiger partial charge in [0.1, 0.15) is 5.69 Å². The maximum Gasteiger partial charge on any atom is 0.352 e. The largest absolute Gasteiger partial charge is 0.477 e. The number of nitrogens with one attached hydrogen (secondary N) is 1. The fraction of sp³-hybridized carbons (Fsp3) is 0.545. The fourth-order valence-electron chi connectivity index (χ4n) is 2.27. The molecule has 1 aromatic heterocycles. The van der Waals surface area contributed by atoms with E-state index in [0.717, 1.165) is 17.8 Å². The molecule has 1 aromatic rings. The van der Waals surface area contributed by atoms with Crippen LogP contribution >= 0.6 is 0 Å². The van der Waals surface area contributed by atoms with E-state index in [0.29, 0.717) is 17.7 Å². The molecule has 2 heterocycles. The molecule has 1 aliphatic rings. The number of carbonyl (C=O) groups is 1. The van der Waals surface area contributed by atoms with Crippen LogP contribution in [0.25, 0.3) is 0 Å². The van der Waals surface area contributed by atoms with E-state index in [1.807, 2.05) is 0 Å². The minimum Gasteiger partial charge on any atom is -0.477 e. The Labute approximate surface area is 88.9 Å². The van der Waals surface area contributed by atoms with Crippen LogP contribution in [0.3, 0.4) is 0 Å². The molecule has 4 heteroatoms. The Balaban J connectivity index is 2.47. The van der Waals surface area contributed by atoms with Crippen molar-refractivity contribution in [1.29, 1.82) is 0 Å². The topological polar surface area (TPSA) is 56.3 Å². The monoisotopic (exact) mass is 208 g/mol. The summed E-state index contributed by atoms with van der Waals surface area (Å²) in [6, 6.07) is 2.05. The van der Waals surface area contributed by atoms with Gasteiger partial charge in [0.2, 0.25) is 0 Å². The van der Waals surface area contributed by atoms with Gasteiger partial charge < -0.3 is 10.1 Å². The summed E-state index contributed by atoms with van der Waals surface area (Å²) >= 11 is 0. The summed E-state index contributed by atoms with van der Waals surface area (Å²) in [5.41, 5.74) is 2.50. The molecule has 0 saturated carbocycles. The van der Waals surface area contributed by atoms with Gasteiger partial charge in [-0.25, -0.2) is 4.79 Å². The van der Waals surface area contributed by atoms with Gasteiger partial charge in [-0.3, -0.25) is 4.90 Å². The van der Waals surface area contributed by atoms with Crippen molar-refractivity contribution in [2.24, 2.45) is 0 Å². The zero-order valence-electron chi connectivity index (χ0n) is 9.24. The Morgan fingerprint density at radius 3 is 2.87 bits per heavy atom. The average Bonchev–Trinajstić information content (AvgIpc) is 2.59. The number of carboxylic acids is 1. The third-order valence-corrected chi connectivity index (χ3v) is 3.28. The van der Waals surface area contributed by atoms with Crippen LogP contribution in [-0.4, -0.2) is 34.6 Å². The van der Waals surface area contributed by atoms with Gasteiger partial charge in [0.15, 0.2) is 0 Å². The summed E-state index contributed by atoms with van der Waals surface area (Å²) in [5.74, 6) is -0.513. The maximum absolute atomic E-state index is 10.9. The van der Waals surface area contributed by atoms with Crippen molar-refractivity contribution >= 4 is 5.97 Å². The molecule has 0 fully saturated rings. The SMILES string of the molecule is CC1CN(C)C(C)c2cc(C(=O)O)[nH]c21. The number of aromatic amines is 1. The summed E-state index contributed by atoms with van der Waals surface area (Å²) in [4.78, 5) is 16.1. The highest BCUT2D eigenvalue weighted by atomic mass is 16.4. The van der Waals surface area contributed by atoms with Gasteiger partial charge in [-0.2, -0.15) is 0 Å². The summed E-state index contributed by atoms with van der Waals surface area (Å²) in [6.45, 7) is 5.18. The zero-order valence-corrected chi connectivity index (χ0v) is 9.24. The number of rotatable bonds is 1. The molecular weight excluding hydrogens is 192 g/mol. The highest BCUT2D eigenvalue weighted by Crippen LogP contribution is 2.34. The molecule has 2 atom stereocenters. The van der Waals surface area contributed by atoms with Gasteiger partial charge in [-0.15, -0.1) is 0 Å². The maximum atomic E-state index is 10.9. The van der Waals surface area contributed by atoms with Crippen molar-refractivity contribution in [2.75, 3.05) is 13.6 Å².